The number of hydrogen-bond acceptors (Lipinski definition) is 9. The molecule has 3 saturated heterocycles. The molecule has 0 bridgehead atoms. The molecule has 3 aliphatic rings. The zero-order chi connectivity index (χ0) is 42.2. The molecule has 3 aliphatic heterocycles. The molecule has 10 nitrogen and oxygen atoms in total. The Labute approximate surface area is 352 Å². The monoisotopic (exact) mass is 813 g/mol. The quantitative estimate of drug-likeness (QED) is 0.0865. The van der Waals surface area contributed by atoms with Gasteiger partial charge < -0.3 is 33.2 Å². The fourth-order valence-corrected chi connectivity index (χ4v) is 9.00. The number of nitrogens with zero attached hydrogens (tertiary/aromatic N) is 1. The van der Waals surface area contributed by atoms with Gasteiger partial charge in [0, 0.05) is 12.3 Å². The van der Waals surface area contributed by atoms with E-state index in [1.165, 1.54) is 4.90 Å². The first-order valence-corrected chi connectivity index (χ1v) is 21.7. The van der Waals surface area contributed by atoms with E-state index in [2.05, 4.69) is 39.8 Å². The first-order valence-electron chi connectivity index (χ1n) is 21.7. The Balaban J connectivity index is 1.17. The van der Waals surface area contributed by atoms with Crippen LogP contribution in [0.5, 0.6) is 0 Å². The summed E-state index contributed by atoms with van der Waals surface area (Å²) in [5, 5.41) is 0. The van der Waals surface area contributed by atoms with Crippen LogP contribution in [0.4, 0.5) is 4.79 Å². The molecule has 0 N–H and O–H groups in total. The third-order valence-corrected chi connectivity index (χ3v) is 12.9. The number of ether oxygens (including phenoxy) is 7. The van der Waals surface area contributed by atoms with E-state index in [-0.39, 0.29) is 54.9 Å². The Morgan fingerprint density at radius 1 is 0.814 bits per heavy atom. The number of rotatable bonds is 19. The van der Waals surface area contributed by atoms with Gasteiger partial charge >= 0.3 is 6.09 Å². The van der Waals surface area contributed by atoms with Crippen LogP contribution >= 0.6 is 0 Å². The largest absolute Gasteiger partial charge is 0.439 e. The third kappa shape index (κ3) is 11.6. The van der Waals surface area contributed by atoms with Crippen LogP contribution in [0.25, 0.3) is 0 Å². The van der Waals surface area contributed by atoms with Crippen molar-refractivity contribution in [2.45, 2.75) is 149 Å². The van der Waals surface area contributed by atoms with Gasteiger partial charge in [-0.1, -0.05) is 119 Å². The summed E-state index contributed by atoms with van der Waals surface area (Å²) in [6.45, 7) is 18.0. The number of benzene rings is 3. The summed E-state index contributed by atoms with van der Waals surface area (Å²) in [7, 11) is 0. The van der Waals surface area contributed by atoms with Crippen molar-refractivity contribution in [3.05, 3.63) is 108 Å². The molecule has 0 aliphatic carbocycles. The van der Waals surface area contributed by atoms with E-state index in [4.69, 9.17) is 33.2 Å². The molecule has 6 rings (SSSR count). The van der Waals surface area contributed by atoms with E-state index in [0.29, 0.717) is 26.2 Å². The highest BCUT2D eigenvalue weighted by atomic mass is 16.8. The van der Waals surface area contributed by atoms with Crippen LogP contribution in [-0.2, 0) is 51.2 Å². The van der Waals surface area contributed by atoms with Crippen molar-refractivity contribution in [1.29, 1.82) is 0 Å². The van der Waals surface area contributed by atoms with Crippen LogP contribution in [0.3, 0.4) is 0 Å². The second-order valence-electron chi connectivity index (χ2n) is 17.9. The summed E-state index contributed by atoms with van der Waals surface area (Å²) in [5.74, 6) is -1.14. The van der Waals surface area contributed by atoms with Gasteiger partial charge in [0.25, 0.3) is 0 Å². The number of amides is 2. The van der Waals surface area contributed by atoms with Crippen LogP contribution in [-0.4, -0.2) is 72.1 Å². The first kappa shape index (κ1) is 44.9. The molecule has 3 aromatic carbocycles. The standard InChI is InChI=1S/C49H67NO9/c1-33-24-26-41(57-44(33)36(4)46(51)50-37(5)45(58-47(50)52)40-22-16-11-17-23-40)28-43(55-32-53-29-38-18-12-9-13-19-38)35(3)42(54-30-39-20-14-10-15-21-39)27-25-34(2)49(8)31-56-48(6,7)59-49/h9-23,33-37,41-45H,24-32H2,1-8H3/t33-,34-,35+,36+,37+,41+,42+,43+,44-,45+,49-/m0/s1. The summed E-state index contributed by atoms with van der Waals surface area (Å²) >= 11 is 0. The first-order chi connectivity index (χ1) is 28.2. The second-order valence-corrected chi connectivity index (χ2v) is 17.9. The Hall–Kier alpha value is -3.64. The lowest BCUT2D eigenvalue weighted by molar-refractivity contribution is -0.172. The van der Waals surface area contributed by atoms with Gasteiger partial charge in [0.1, 0.15) is 12.9 Å². The highest BCUT2D eigenvalue weighted by molar-refractivity contribution is 5.95. The molecule has 0 unspecified atom stereocenters. The molecule has 3 fully saturated rings. The van der Waals surface area contributed by atoms with Crippen LogP contribution < -0.4 is 0 Å². The number of imide groups is 1. The third-order valence-electron chi connectivity index (χ3n) is 12.9. The number of carbonyl (C=O) groups is 2. The minimum Gasteiger partial charge on any atom is -0.439 e. The van der Waals surface area contributed by atoms with Crippen LogP contribution in [0.2, 0.25) is 0 Å². The Kier molecular flexibility index (Phi) is 15.4. The maximum Gasteiger partial charge on any atom is 0.417 e. The summed E-state index contributed by atoms with van der Waals surface area (Å²) < 4.78 is 44.7. The van der Waals surface area contributed by atoms with Gasteiger partial charge in [-0.25, -0.2) is 9.69 Å². The Bertz CT molecular complexity index is 1760. The molecular formula is C49H67NO9. The van der Waals surface area contributed by atoms with Crippen molar-refractivity contribution in [3.63, 3.8) is 0 Å². The summed E-state index contributed by atoms with van der Waals surface area (Å²) in [4.78, 5) is 28.6. The molecule has 59 heavy (non-hydrogen) atoms. The zero-order valence-electron chi connectivity index (χ0n) is 36.4. The fraction of sp³-hybridized carbons (Fsp3) is 0.592. The van der Waals surface area contributed by atoms with Crippen molar-refractivity contribution >= 4 is 12.0 Å². The molecule has 322 valence electrons. The molecule has 3 aromatic rings. The lowest BCUT2D eigenvalue weighted by Gasteiger charge is -2.41. The van der Waals surface area contributed by atoms with Crippen molar-refractivity contribution in [1.82, 2.24) is 4.90 Å². The highest BCUT2D eigenvalue weighted by Gasteiger charge is 2.48. The predicted octanol–water partition coefficient (Wildman–Crippen LogP) is 10.0. The van der Waals surface area contributed by atoms with E-state index < -0.39 is 35.5 Å². The Morgan fingerprint density at radius 2 is 1.44 bits per heavy atom. The van der Waals surface area contributed by atoms with Gasteiger partial charge in [-0.15, -0.1) is 0 Å². The van der Waals surface area contributed by atoms with E-state index in [0.717, 1.165) is 42.4 Å². The minimum atomic E-state index is -0.615. The number of carbonyl (C=O) groups excluding carboxylic acids is 2. The van der Waals surface area contributed by atoms with Gasteiger partial charge in [0.2, 0.25) is 5.91 Å². The summed E-state index contributed by atoms with van der Waals surface area (Å²) in [6.07, 6.45) is 1.88. The van der Waals surface area contributed by atoms with Crippen molar-refractivity contribution in [2.75, 3.05) is 13.4 Å². The van der Waals surface area contributed by atoms with Crippen LogP contribution in [0.15, 0.2) is 91.0 Å². The normalized spacial score (nSPS) is 28.1. The van der Waals surface area contributed by atoms with Gasteiger partial charge in [0.15, 0.2) is 5.79 Å². The van der Waals surface area contributed by atoms with Crippen molar-refractivity contribution in [2.24, 2.45) is 23.7 Å². The van der Waals surface area contributed by atoms with Crippen LogP contribution in [0.1, 0.15) is 110 Å². The maximum atomic E-state index is 14.1. The average Bonchev–Trinajstić information content (AvgIpc) is 3.71. The lowest BCUT2D eigenvalue weighted by atomic mass is 9.82. The molecule has 0 radical (unpaired) electrons. The minimum absolute atomic E-state index is 0.0353. The molecule has 3 heterocycles. The van der Waals surface area contributed by atoms with Crippen LogP contribution in [0, 0.1) is 23.7 Å². The average molecular weight is 814 g/mol. The summed E-state index contributed by atoms with van der Waals surface area (Å²) in [5.41, 5.74) is 2.65. The second kappa shape index (κ2) is 20.3. The van der Waals surface area contributed by atoms with E-state index in [1.54, 1.807) is 0 Å². The van der Waals surface area contributed by atoms with Crippen molar-refractivity contribution in [3.8, 4) is 0 Å². The predicted molar refractivity (Wildman–Crippen MR) is 226 cm³/mol. The molecule has 10 heteroatoms. The van der Waals surface area contributed by atoms with Gasteiger partial charge in [-0.2, -0.15) is 0 Å². The number of cyclic esters (lactones) is 1. The van der Waals surface area contributed by atoms with Gasteiger partial charge in [-0.3, -0.25) is 4.79 Å². The molecule has 2 amide bonds. The summed E-state index contributed by atoms with van der Waals surface area (Å²) in [6, 6.07) is 29.5. The van der Waals surface area contributed by atoms with Gasteiger partial charge in [-0.05, 0) is 81.9 Å². The topological polar surface area (TPSA) is 102 Å². The highest BCUT2D eigenvalue weighted by Crippen LogP contribution is 2.40. The molecule has 0 aromatic heterocycles. The van der Waals surface area contributed by atoms with E-state index in [9.17, 15) is 9.59 Å². The molecule has 11 atom stereocenters. The molecule has 0 saturated carbocycles. The number of hydrogen-bond donors (Lipinski definition) is 0. The van der Waals surface area contributed by atoms with Crippen molar-refractivity contribution < 1.29 is 42.7 Å². The lowest BCUT2D eigenvalue weighted by Crippen LogP contribution is -2.49. The van der Waals surface area contributed by atoms with E-state index in [1.807, 2.05) is 107 Å². The Morgan fingerprint density at radius 3 is 2.07 bits per heavy atom. The zero-order valence-corrected chi connectivity index (χ0v) is 36.4. The molecule has 0 spiro atoms. The smallest absolute Gasteiger partial charge is 0.417 e. The van der Waals surface area contributed by atoms with Gasteiger partial charge in [0.05, 0.1) is 61.8 Å². The SMILES string of the molecule is C[C@H]([C@@H](CC[C@H](C)[C@]1(C)COC(C)(C)O1)OCc1ccccc1)[C@@H](C[C@H]1CC[C@H](C)[C@@H]([C@@H](C)C(=O)N2C(=O)O[C@@H](c3ccccc3)[C@H]2C)O1)OCOCc1ccccc1. The fourth-order valence-electron chi connectivity index (χ4n) is 9.00. The van der Waals surface area contributed by atoms with E-state index >= 15 is 0 Å². The molecular weight excluding hydrogens is 747 g/mol. The maximum absolute atomic E-state index is 14.1.